The number of carboxylic acids is 8. The van der Waals surface area contributed by atoms with Gasteiger partial charge in [0.05, 0.1) is 23.9 Å². The van der Waals surface area contributed by atoms with E-state index in [4.69, 9.17) is 43.4 Å². The summed E-state index contributed by atoms with van der Waals surface area (Å²) in [6.07, 6.45) is -1.31. The third-order valence-corrected chi connectivity index (χ3v) is 3.89. The van der Waals surface area contributed by atoms with Crippen LogP contribution in [0.3, 0.4) is 0 Å². The Bertz CT molecular complexity index is 721. The molecule has 41 heavy (non-hydrogen) atoms. The zero-order valence-corrected chi connectivity index (χ0v) is 23.6. The molecule has 0 heterocycles. The monoisotopic (exact) mass is 779 g/mol. The van der Waals surface area contributed by atoms with Gasteiger partial charge in [0.1, 0.15) is 0 Å². The van der Waals surface area contributed by atoms with Crippen molar-refractivity contribution in [3.05, 3.63) is 0 Å². The molecule has 12 N–H and O–H groups in total. The summed E-state index contributed by atoms with van der Waals surface area (Å²) in [5, 5.41) is 71.8. The van der Waals surface area contributed by atoms with Crippen LogP contribution in [-0.2, 0) is 59.4 Å². The first kappa shape index (κ1) is 47.1. The Morgan fingerprint density at radius 2 is 0.537 bits per heavy atom. The van der Waals surface area contributed by atoms with Crippen LogP contribution in [0.25, 0.3) is 0 Å². The molecular formula is C20H32N4O16Pt. The van der Waals surface area contributed by atoms with Crippen LogP contribution in [0.2, 0.25) is 0 Å². The fraction of sp³-hybridized carbons (Fsp3) is 0.600. The largest absolute Gasteiger partial charge is 4.00 e. The maximum absolute atomic E-state index is 9.88. The quantitative estimate of drug-likeness (QED) is 0.0721. The predicted octanol–water partition coefficient (Wildman–Crippen LogP) is -8.29. The van der Waals surface area contributed by atoms with Gasteiger partial charge in [-0.1, -0.05) is 0 Å². The number of carbonyl (C=O) groups is 8. The summed E-state index contributed by atoms with van der Waals surface area (Å²) < 4.78 is 0. The Hall–Kier alpha value is -3.71. The number of nitrogens with two attached hydrogens (primary N) is 4. The number of aliphatic carboxylic acids is 8. The summed E-state index contributed by atoms with van der Waals surface area (Å²) in [7, 11) is 0. The molecule has 0 aliphatic heterocycles. The minimum Gasteiger partial charge on any atom is -0.548 e. The van der Waals surface area contributed by atoms with Crippen LogP contribution in [-0.4, -0.2) is 92.3 Å². The van der Waals surface area contributed by atoms with E-state index in [2.05, 4.69) is 0 Å². The number of hydrogen-bond acceptors (Lipinski definition) is 16. The molecule has 21 heteroatoms. The fourth-order valence-corrected chi connectivity index (χ4v) is 1.59. The van der Waals surface area contributed by atoms with Crippen molar-refractivity contribution in [3.8, 4) is 0 Å². The van der Waals surface area contributed by atoms with Crippen molar-refractivity contribution in [1.29, 1.82) is 0 Å². The molecule has 0 radical (unpaired) electrons. The summed E-state index contributed by atoms with van der Waals surface area (Å²) in [6, 6.07) is -4.68. The molecule has 0 unspecified atom stereocenters. The van der Waals surface area contributed by atoms with Crippen molar-refractivity contribution < 1.29 is 100 Å². The number of carboxylic acid groups (broad SMARTS) is 8. The molecular weight excluding hydrogens is 747 g/mol. The second-order valence-electron chi connectivity index (χ2n) is 7.43. The third-order valence-electron chi connectivity index (χ3n) is 3.89. The molecule has 0 rings (SSSR count). The van der Waals surface area contributed by atoms with Gasteiger partial charge in [0.25, 0.3) is 0 Å². The summed E-state index contributed by atoms with van der Waals surface area (Å²) in [4.78, 5) is 79.0. The standard InChI is InChI=1S/4C5H9NO4.Pt/c4*6-3(5(9)10)1-2-4(7)8;/h4*3H,1-2,6H2,(H,7,8)(H,9,10);/q;;;;+4/p-4/t4*3-;/m0000./s1. The first-order valence-electron chi connectivity index (χ1n) is 10.9. The molecule has 0 saturated heterocycles. The van der Waals surface area contributed by atoms with Gasteiger partial charge >= 0.3 is 44.9 Å². The van der Waals surface area contributed by atoms with Gasteiger partial charge in [-0.05, 0) is 25.7 Å². The molecule has 0 aliphatic rings. The van der Waals surface area contributed by atoms with E-state index in [0.717, 1.165) is 0 Å². The van der Waals surface area contributed by atoms with Gasteiger partial charge in [-0.3, -0.25) is 19.2 Å². The predicted molar refractivity (Wildman–Crippen MR) is 119 cm³/mol. The molecule has 0 aromatic carbocycles. The van der Waals surface area contributed by atoms with Crippen LogP contribution in [0.4, 0.5) is 0 Å². The van der Waals surface area contributed by atoms with Crippen LogP contribution in [0.5, 0.6) is 0 Å². The minimum atomic E-state index is -1.42. The molecule has 20 nitrogen and oxygen atoms in total. The van der Waals surface area contributed by atoms with Gasteiger partial charge in [-0.25, -0.2) is 0 Å². The molecule has 0 aromatic rings. The van der Waals surface area contributed by atoms with E-state index in [9.17, 15) is 58.8 Å². The van der Waals surface area contributed by atoms with Gasteiger partial charge in [0.2, 0.25) is 0 Å². The van der Waals surface area contributed by atoms with E-state index in [-0.39, 0.29) is 72.4 Å². The Morgan fingerprint density at radius 3 is 0.610 bits per heavy atom. The van der Waals surface area contributed by atoms with E-state index in [1.807, 2.05) is 0 Å². The normalized spacial score (nSPS) is 12.2. The van der Waals surface area contributed by atoms with E-state index in [0.29, 0.717) is 0 Å². The first-order valence-corrected chi connectivity index (χ1v) is 10.9. The Balaban J connectivity index is -0.000000139. The average molecular weight is 780 g/mol. The van der Waals surface area contributed by atoms with Gasteiger partial charge in [-0.15, -0.1) is 0 Å². The summed E-state index contributed by atoms with van der Waals surface area (Å²) in [5.74, 6) is -9.90. The molecule has 0 aliphatic carbocycles. The van der Waals surface area contributed by atoms with Crippen molar-refractivity contribution in [3.63, 3.8) is 0 Å². The van der Waals surface area contributed by atoms with Crippen molar-refractivity contribution in [2.75, 3.05) is 0 Å². The molecule has 238 valence electrons. The van der Waals surface area contributed by atoms with E-state index in [1.165, 1.54) is 0 Å². The first-order chi connectivity index (χ1) is 18.1. The zero-order chi connectivity index (χ0) is 32.6. The SMILES string of the molecule is N[C@@H](CCC(=O)O)C(=O)[O-].N[C@@H](CCC(=O)O)C(=O)[O-].N[C@@H](CCC(=O)O)C(=O)[O-].N[C@@H](CCC(=O)O)C(=O)[O-].[Pt+4]. The number of rotatable bonds is 16. The Kier molecular flexibility index (Phi) is 32.0. The maximum Gasteiger partial charge on any atom is 4.00 e. The average Bonchev–Trinajstić information content (AvgIpc) is 2.83. The third kappa shape index (κ3) is 40.9. The molecule has 0 saturated carbocycles. The van der Waals surface area contributed by atoms with Crippen molar-refractivity contribution >= 4 is 47.8 Å². The summed E-state index contributed by atoms with van der Waals surface area (Å²) in [6.45, 7) is 0. The number of hydrogen-bond donors (Lipinski definition) is 8. The van der Waals surface area contributed by atoms with Crippen molar-refractivity contribution in [2.45, 2.75) is 75.5 Å². The molecule has 0 bridgehead atoms. The minimum absolute atomic E-state index is 0. The van der Waals surface area contributed by atoms with Crippen LogP contribution in [0.1, 0.15) is 51.4 Å². The van der Waals surface area contributed by atoms with Crippen molar-refractivity contribution in [1.82, 2.24) is 0 Å². The second-order valence-corrected chi connectivity index (χ2v) is 7.43. The van der Waals surface area contributed by atoms with Gasteiger partial charge in [-0.2, -0.15) is 0 Å². The molecule has 4 atom stereocenters. The Labute approximate surface area is 246 Å². The number of carbonyl (C=O) groups excluding carboxylic acids is 4. The van der Waals surface area contributed by atoms with Gasteiger partial charge < -0.3 is 83.0 Å². The molecule has 0 aromatic heterocycles. The van der Waals surface area contributed by atoms with Crippen LogP contribution < -0.4 is 43.4 Å². The van der Waals surface area contributed by atoms with E-state index >= 15 is 0 Å². The van der Waals surface area contributed by atoms with Gasteiger partial charge in [0.15, 0.2) is 0 Å². The van der Waals surface area contributed by atoms with Crippen LogP contribution >= 0.6 is 0 Å². The van der Waals surface area contributed by atoms with Crippen LogP contribution in [0.15, 0.2) is 0 Å². The molecule has 0 amide bonds. The Morgan fingerprint density at radius 1 is 0.415 bits per heavy atom. The molecule has 0 fully saturated rings. The van der Waals surface area contributed by atoms with E-state index < -0.39 is 71.9 Å². The molecule has 0 spiro atoms. The van der Waals surface area contributed by atoms with E-state index in [1.54, 1.807) is 0 Å². The van der Waals surface area contributed by atoms with Gasteiger partial charge in [0, 0.05) is 49.9 Å². The maximum atomic E-state index is 9.88. The topological polar surface area (TPSA) is 414 Å². The second kappa shape index (κ2) is 27.8. The smallest absolute Gasteiger partial charge is 0.548 e. The summed E-state index contributed by atoms with van der Waals surface area (Å²) >= 11 is 0. The van der Waals surface area contributed by atoms with Crippen LogP contribution in [0, 0.1) is 0 Å². The summed E-state index contributed by atoms with van der Waals surface area (Å²) in [5.41, 5.74) is 19.8. The van der Waals surface area contributed by atoms with Crippen molar-refractivity contribution in [2.24, 2.45) is 22.9 Å². The zero-order valence-electron chi connectivity index (χ0n) is 21.3. The fourth-order valence-electron chi connectivity index (χ4n) is 1.59.